The lowest BCUT2D eigenvalue weighted by molar-refractivity contribution is 0.290. The Morgan fingerprint density at radius 2 is 2.00 bits per heavy atom. The van der Waals surface area contributed by atoms with Crippen molar-refractivity contribution in [3.63, 3.8) is 0 Å². The fourth-order valence-electron chi connectivity index (χ4n) is 1.93. The SMILES string of the molecule is CNC(C)(C)c1cncn1CCOc1ccccc1. The number of imidazole rings is 1. The van der Waals surface area contributed by atoms with Gasteiger partial charge in [0.1, 0.15) is 12.4 Å². The van der Waals surface area contributed by atoms with Crippen LogP contribution in [0.5, 0.6) is 5.75 Å². The molecule has 0 saturated carbocycles. The van der Waals surface area contributed by atoms with E-state index >= 15 is 0 Å². The number of benzene rings is 1. The van der Waals surface area contributed by atoms with E-state index in [0.717, 1.165) is 18.0 Å². The maximum absolute atomic E-state index is 5.71. The second kappa shape index (κ2) is 5.89. The summed E-state index contributed by atoms with van der Waals surface area (Å²) in [5, 5.41) is 3.29. The quantitative estimate of drug-likeness (QED) is 0.866. The van der Waals surface area contributed by atoms with Crippen molar-refractivity contribution in [3.8, 4) is 5.75 Å². The van der Waals surface area contributed by atoms with E-state index in [2.05, 4.69) is 28.7 Å². The molecular weight excluding hydrogens is 238 g/mol. The molecule has 0 amide bonds. The summed E-state index contributed by atoms with van der Waals surface area (Å²) in [5.74, 6) is 0.900. The molecule has 0 spiro atoms. The zero-order valence-corrected chi connectivity index (χ0v) is 11.8. The van der Waals surface area contributed by atoms with Crippen LogP contribution in [0.15, 0.2) is 42.9 Å². The van der Waals surface area contributed by atoms with Gasteiger partial charge in [0.25, 0.3) is 0 Å². The van der Waals surface area contributed by atoms with Gasteiger partial charge in [0.15, 0.2) is 0 Å². The molecule has 1 aromatic carbocycles. The van der Waals surface area contributed by atoms with Gasteiger partial charge in [-0.25, -0.2) is 4.98 Å². The van der Waals surface area contributed by atoms with Crippen LogP contribution in [0.3, 0.4) is 0 Å². The second-order valence-corrected chi connectivity index (χ2v) is 5.01. The Kier molecular flexibility index (Phi) is 4.22. The van der Waals surface area contributed by atoms with Crippen molar-refractivity contribution in [2.75, 3.05) is 13.7 Å². The Labute approximate surface area is 114 Å². The standard InChI is InChI=1S/C15H21N3O/c1-15(2,16-3)14-11-17-12-18(14)9-10-19-13-7-5-4-6-8-13/h4-8,11-12,16H,9-10H2,1-3H3. The molecule has 0 aliphatic rings. The van der Waals surface area contributed by atoms with Gasteiger partial charge in [-0.15, -0.1) is 0 Å². The average Bonchev–Trinajstić information content (AvgIpc) is 2.89. The first-order valence-electron chi connectivity index (χ1n) is 6.51. The van der Waals surface area contributed by atoms with Gasteiger partial charge in [0.05, 0.1) is 24.1 Å². The topological polar surface area (TPSA) is 39.1 Å². The number of aromatic nitrogens is 2. The average molecular weight is 259 g/mol. The summed E-state index contributed by atoms with van der Waals surface area (Å²) in [4.78, 5) is 4.23. The third kappa shape index (κ3) is 3.35. The minimum absolute atomic E-state index is 0.0940. The maximum atomic E-state index is 5.71. The maximum Gasteiger partial charge on any atom is 0.119 e. The van der Waals surface area contributed by atoms with Crippen molar-refractivity contribution in [2.24, 2.45) is 0 Å². The number of hydrogen-bond acceptors (Lipinski definition) is 3. The van der Waals surface area contributed by atoms with Crippen molar-refractivity contribution < 1.29 is 4.74 Å². The molecule has 0 saturated heterocycles. The second-order valence-electron chi connectivity index (χ2n) is 5.01. The molecule has 1 aromatic heterocycles. The molecule has 102 valence electrons. The van der Waals surface area contributed by atoms with Gasteiger partial charge >= 0.3 is 0 Å². The third-order valence-electron chi connectivity index (χ3n) is 3.32. The van der Waals surface area contributed by atoms with Crippen LogP contribution in [0.25, 0.3) is 0 Å². The Morgan fingerprint density at radius 1 is 1.26 bits per heavy atom. The smallest absolute Gasteiger partial charge is 0.119 e. The molecule has 0 radical (unpaired) electrons. The number of para-hydroxylation sites is 1. The zero-order valence-electron chi connectivity index (χ0n) is 11.8. The lowest BCUT2D eigenvalue weighted by Crippen LogP contribution is -2.35. The first-order chi connectivity index (χ1) is 9.13. The Hall–Kier alpha value is -1.81. The molecule has 2 aromatic rings. The van der Waals surface area contributed by atoms with Crippen molar-refractivity contribution in [3.05, 3.63) is 48.5 Å². The zero-order chi connectivity index (χ0) is 13.7. The highest BCUT2D eigenvalue weighted by atomic mass is 16.5. The summed E-state index contributed by atoms with van der Waals surface area (Å²) in [6.07, 6.45) is 3.75. The minimum atomic E-state index is -0.0940. The fraction of sp³-hybridized carbons (Fsp3) is 0.400. The molecule has 0 aliphatic carbocycles. The summed E-state index contributed by atoms with van der Waals surface area (Å²) in [7, 11) is 1.96. The van der Waals surface area contributed by atoms with Crippen molar-refractivity contribution >= 4 is 0 Å². The van der Waals surface area contributed by atoms with Gasteiger partial charge in [-0.05, 0) is 33.0 Å². The number of hydrogen-bond donors (Lipinski definition) is 1. The number of nitrogens with one attached hydrogen (secondary N) is 1. The van der Waals surface area contributed by atoms with E-state index in [1.807, 2.05) is 49.9 Å². The molecule has 4 heteroatoms. The molecular formula is C15H21N3O. The van der Waals surface area contributed by atoms with Crippen LogP contribution in [0.2, 0.25) is 0 Å². The number of ether oxygens (including phenoxy) is 1. The van der Waals surface area contributed by atoms with E-state index < -0.39 is 0 Å². The van der Waals surface area contributed by atoms with E-state index in [4.69, 9.17) is 4.74 Å². The highest BCUT2D eigenvalue weighted by Gasteiger charge is 2.21. The molecule has 19 heavy (non-hydrogen) atoms. The Bertz CT molecular complexity index is 505. The highest BCUT2D eigenvalue weighted by molar-refractivity contribution is 5.20. The van der Waals surface area contributed by atoms with E-state index in [0.29, 0.717) is 6.61 Å². The van der Waals surface area contributed by atoms with Crippen LogP contribution >= 0.6 is 0 Å². The van der Waals surface area contributed by atoms with Gasteiger partial charge in [-0.2, -0.15) is 0 Å². The van der Waals surface area contributed by atoms with E-state index in [1.165, 1.54) is 0 Å². The molecule has 0 atom stereocenters. The van der Waals surface area contributed by atoms with Gasteiger partial charge in [-0.3, -0.25) is 0 Å². The molecule has 4 nitrogen and oxygen atoms in total. The van der Waals surface area contributed by atoms with Gasteiger partial charge < -0.3 is 14.6 Å². The monoisotopic (exact) mass is 259 g/mol. The molecule has 1 heterocycles. The predicted molar refractivity (Wildman–Crippen MR) is 76.2 cm³/mol. The van der Waals surface area contributed by atoms with Crippen LogP contribution in [0.4, 0.5) is 0 Å². The molecule has 0 aliphatic heterocycles. The van der Waals surface area contributed by atoms with Gasteiger partial charge in [0.2, 0.25) is 0 Å². The molecule has 1 N–H and O–H groups in total. The summed E-state index contributed by atoms with van der Waals surface area (Å²) < 4.78 is 7.84. The van der Waals surface area contributed by atoms with Crippen LogP contribution in [0, 0.1) is 0 Å². The summed E-state index contributed by atoms with van der Waals surface area (Å²) in [6.45, 7) is 5.69. The van der Waals surface area contributed by atoms with Crippen LogP contribution in [-0.2, 0) is 12.1 Å². The number of nitrogens with zero attached hydrogens (tertiary/aromatic N) is 2. The van der Waals surface area contributed by atoms with Crippen molar-refractivity contribution in [1.29, 1.82) is 0 Å². The number of rotatable bonds is 6. The van der Waals surface area contributed by atoms with Crippen molar-refractivity contribution in [2.45, 2.75) is 25.9 Å². The predicted octanol–water partition coefficient (Wildman–Crippen LogP) is 2.42. The van der Waals surface area contributed by atoms with E-state index in [-0.39, 0.29) is 5.54 Å². The largest absolute Gasteiger partial charge is 0.492 e. The van der Waals surface area contributed by atoms with Gasteiger partial charge in [0, 0.05) is 6.20 Å². The lowest BCUT2D eigenvalue weighted by atomic mass is 10.0. The molecule has 0 unspecified atom stereocenters. The normalized spacial score (nSPS) is 11.5. The molecule has 2 rings (SSSR count). The van der Waals surface area contributed by atoms with Crippen molar-refractivity contribution in [1.82, 2.24) is 14.9 Å². The minimum Gasteiger partial charge on any atom is -0.492 e. The first-order valence-corrected chi connectivity index (χ1v) is 6.51. The summed E-state index contributed by atoms with van der Waals surface area (Å²) >= 11 is 0. The van der Waals surface area contributed by atoms with Crippen LogP contribution in [0.1, 0.15) is 19.5 Å². The Balaban J connectivity index is 1.96. The molecule has 0 fully saturated rings. The first kappa shape index (κ1) is 13.6. The Morgan fingerprint density at radius 3 is 2.68 bits per heavy atom. The van der Waals surface area contributed by atoms with E-state index in [9.17, 15) is 0 Å². The van der Waals surface area contributed by atoms with Gasteiger partial charge in [-0.1, -0.05) is 18.2 Å². The van der Waals surface area contributed by atoms with E-state index in [1.54, 1.807) is 0 Å². The fourth-order valence-corrected chi connectivity index (χ4v) is 1.93. The third-order valence-corrected chi connectivity index (χ3v) is 3.32. The van der Waals surface area contributed by atoms with Crippen LogP contribution < -0.4 is 10.1 Å². The lowest BCUT2D eigenvalue weighted by Gasteiger charge is -2.25. The molecule has 0 bridgehead atoms. The highest BCUT2D eigenvalue weighted by Crippen LogP contribution is 2.18. The summed E-state index contributed by atoms with van der Waals surface area (Å²) in [6, 6.07) is 9.86. The summed E-state index contributed by atoms with van der Waals surface area (Å²) in [5.41, 5.74) is 1.06. The van der Waals surface area contributed by atoms with Crippen LogP contribution in [-0.4, -0.2) is 23.2 Å².